The minimum atomic E-state index is -2.72. The van der Waals surface area contributed by atoms with E-state index < -0.39 is 6.43 Å². The summed E-state index contributed by atoms with van der Waals surface area (Å²) in [5, 5.41) is 6.87. The van der Waals surface area contributed by atoms with Crippen LogP contribution in [0.2, 0.25) is 0 Å². The molecule has 0 fully saturated rings. The van der Waals surface area contributed by atoms with Gasteiger partial charge in [-0.25, -0.2) is 23.3 Å². The molecule has 8 nitrogen and oxygen atoms in total. The molecular formula is C20H24F2N6O2. The standard InChI is InChI=1S/C20H24F2N6O2/c1-12(4-5-23-11-29)15(6-14-7-18(30-3)24-9-13(14)2)17-8-16(19(21)22)27-20-25-10-26-28(17)20/h7-12,15,19H,4-6H2,1-3H3,(H,23,29)/t12-,15?/m1/s1. The molecule has 3 aromatic rings. The van der Waals surface area contributed by atoms with Gasteiger partial charge in [-0.05, 0) is 42.9 Å². The Bertz CT molecular complexity index is 1010. The van der Waals surface area contributed by atoms with Crippen LogP contribution in [-0.2, 0) is 11.2 Å². The number of rotatable bonds is 10. The van der Waals surface area contributed by atoms with Gasteiger partial charge in [-0.15, -0.1) is 0 Å². The maximum absolute atomic E-state index is 13.5. The molecule has 0 bridgehead atoms. The van der Waals surface area contributed by atoms with Crippen LogP contribution in [0.4, 0.5) is 8.78 Å². The molecule has 2 atom stereocenters. The SMILES string of the molecule is COc1cc(CC(c2cc(C(F)F)nc3ncnn23)[C@H](C)CCNC=O)c(C)cn1. The van der Waals surface area contributed by atoms with Crippen LogP contribution in [0.1, 0.15) is 48.2 Å². The van der Waals surface area contributed by atoms with Crippen molar-refractivity contribution in [1.82, 2.24) is 29.9 Å². The number of aryl methyl sites for hydroxylation is 1. The Hall–Kier alpha value is -3.17. The number of amides is 1. The maximum atomic E-state index is 13.5. The summed E-state index contributed by atoms with van der Waals surface area (Å²) in [6.07, 6.45) is 2.17. The van der Waals surface area contributed by atoms with E-state index in [9.17, 15) is 13.6 Å². The van der Waals surface area contributed by atoms with E-state index in [-0.39, 0.29) is 23.3 Å². The molecule has 160 valence electrons. The van der Waals surface area contributed by atoms with E-state index in [0.29, 0.717) is 37.4 Å². The van der Waals surface area contributed by atoms with Crippen LogP contribution in [0.15, 0.2) is 24.7 Å². The largest absolute Gasteiger partial charge is 0.481 e. The molecule has 3 rings (SSSR count). The van der Waals surface area contributed by atoms with Crippen molar-refractivity contribution in [3.8, 4) is 5.88 Å². The van der Waals surface area contributed by atoms with E-state index in [1.807, 2.05) is 19.9 Å². The number of pyridine rings is 1. The number of nitrogens with one attached hydrogen (secondary N) is 1. The van der Waals surface area contributed by atoms with Crippen LogP contribution in [0, 0.1) is 12.8 Å². The van der Waals surface area contributed by atoms with E-state index in [2.05, 4.69) is 25.4 Å². The van der Waals surface area contributed by atoms with Gasteiger partial charge >= 0.3 is 0 Å². The molecule has 1 amide bonds. The molecule has 0 spiro atoms. The van der Waals surface area contributed by atoms with Crippen molar-refractivity contribution < 1.29 is 18.3 Å². The highest BCUT2D eigenvalue weighted by molar-refractivity contribution is 5.45. The molecule has 0 saturated carbocycles. The number of hydrogen-bond acceptors (Lipinski definition) is 6. The summed E-state index contributed by atoms with van der Waals surface area (Å²) in [6.45, 7) is 4.45. The topological polar surface area (TPSA) is 94.3 Å². The van der Waals surface area contributed by atoms with Gasteiger partial charge in [-0.2, -0.15) is 10.1 Å². The Labute approximate surface area is 172 Å². The van der Waals surface area contributed by atoms with E-state index in [1.165, 1.54) is 16.9 Å². The van der Waals surface area contributed by atoms with Crippen molar-refractivity contribution in [1.29, 1.82) is 0 Å². The third-order valence-corrected chi connectivity index (χ3v) is 5.26. The molecule has 0 radical (unpaired) electrons. The second-order valence-electron chi connectivity index (χ2n) is 7.18. The number of hydrogen-bond donors (Lipinski definition) is 1. The Morgan fingerprint density at radius 3 is 2.80 bits per heavy atom. The number of fused-ring (bicyclic) bond motifs is 1. The molecule has 3 heterocycles. The molecule has 30 heavy (non-hydrogen) atoms. The average Bonchev–Trinajstić information content (AvgIpc) is 3.21. The number of aromatic nitrogens is 5. The fourth-order valence-electron chi connectivity index (χ4n) is 3.51. The Kier molecular flexibility index (Phi) is 6.86. The first-order valence-corrected chi connectivity index (χ1v) is 9.59. The Balaban J connectivity index is 2.07. The van der Waals surface area contributed by atoms with Gasteiger partial charge in [0.2, 0.25) is 12.3 Å². The lowest BCUT2D eigenvalue weighted by molar-refractivity contribution is -0.109. The maximum Gasteiger partial charge on any atom is 0.280 e. The van der Waals surface area contributed by atoms with Crippen molar-refractivity contribution in [3.05, 3.63) is 47.2 Å². The summed E-state index contributed by atoms with van der Waals surface area (Å²) in [5.74, 6) is 0.471. The molecule has 0 saturated heterocycles. The van der Waals surface area contributed by atoms with Gasteiger partial charge in [0.25, 0.3) is 12.2 Å². The molecule has 1 N–H and O–H groups in total. The van der Waals surface area contributed by atoms with Crippen LogP contribution in [0.3, 0.4) is 0 Å². The summed E-state index contributed by atoms with van der Waals surface area (Å²) < 4.78 is 33.7. The molecule has 0 aliphatic carbocycles. The van der Waals surface area contributed by atoms with Crippen LogP contribution in [0.25, 0.3) is 5.78 Å². The minimum absolute atomic E-state index is 0.0383. The fraction of sp³-hybridized carbons (Fsp3) is 0.450. The summed E-state index contributed by atoms with van der Waals surface area (Å²) in [6, 6.07) is 3.25. The van der Waals surface area contributed by atoms with E-state index >= 15 is 0 Å². The zero-order valence-corrected chi connectivity index (χ0v) is 17.0. The lowest BCUT2D eigenvalue weighted by Crippen LogP contribution is -2.22. The molecule has 0 aromatic carbocycles. The van der Waals surface area contributed by atoms with Gasteiger partial charge < -0.3 is 10.1 Å². The third-order valence-electron chi connectivity index (χ3n) is 5.26. The van der Waals surface area contributed by atoms with Crippen molar-refractivity contribution in [2.75, 3.05) is 13.7 Å². The average molecular weight is 418 g/mol. The van der Waals surface area contributed by atoms with Crippen LogP contribution < -0.4 is 10.1 Å². The highest BCUT2D eigenvalue weighted by Gasteiger charge is 2.26. The number of alkyl halides is 2. The summed E-state index contributed by atoms with van der Waals surface area (Å²) in [7, 11) is 1.55. The molecule has 3 aromatic heterocycles. The number of carbonyl (C=O) groups is 1. The normalized spacial score (nSPS) is 13.4. The molecule has 10 heteroatoms. The van der Waals surface area contributed by atoms with Gasteiger partial charge in [0.15, 0.2) is 0 Å². The van der Waals surface area contributed by atoms with Crippen LogP contribution in [-0.4, -0.2) is 44.6 Å². The summed E-state index contributed by atoms with van der Waals surface area (Å²) in [5.41, 5.74) is 2.22. The second-order valence-corrected chi connectivity index (χ2v) is 7.18. The number of carbonyl (C=O) groups excluding carboxylic acids is 1. The third kappa shape index (κ3) is 4.69. The zero-order valence-electron chi connectivity index (χ0n) is 17.0. The Morgan fingerprint density at radius 1 is 1.30 bits per heavy atom. The molecular weight excluding hydrogens is 394 g/mol. The molecule has 0 aliphatic rings. The molecule has 1 unspecified atom stereocenters. The summed E-state index contributed by atoms with van der Waals surface area (Å²) >= 11 is 0. The van der Waals surface area contributed by atoms with Gasteiger partial charge in [-0.3, -0.25) is 4.79 Å². The van der Waals surface area contributed by atoms with Crippen molar-refractivity contribution in [2.24, 2.45) is 5.92 Å². The lowest BCUT2D eigenvalue weighted by Gasteiger charge is -2.26. The van der Waals surface area contributed by atoms with E-state index in [0.717, 1.165) is 11.1 Å². The van der Waals surface area contributed by atoms with Crippen LogP contribution >= 0.6 is 0 Å². The monoisotopic (exact) mass is 418 g/mol. The first-order chi connectivity index (χ1) is 14.4. The van der Waals surface area contributed by atoms with Crippen molar-refractivity contribution in [3.63, 3.8) is 0 Å². The quantitative estimate of drug-likeness (QED) is 0.402. The van der Waals surface area contributed by atoms with Crippen molar-refractivity contribution >= 4 is 12.2 Å². The number of nitrogens with zero attached hydrogens (tertiary/aromatic N) is 5. The smallest absolute Gasteiger partial charge is 0.280 e. The first-order valence-electron chi connectivity index (χ1n) is 9.59. The van der Waals surface area contributed by atoms with Gasteiger partial charge in [0.1, 0.15) is 12.0 Å². The highest BCUT2D eigenvalue weighted by Crippen LogP contribution is 2.33. The van der Waals surface area contributed by atoms with Gasteiger partial charge in [0.05, 0.1) is 12.8 Å². The Morgan fingerprint density at radius 2 is 2.10 bits per heavy atom. The fourth-order valence-corrected chi connectivity index (χ4v) is 3.51. The zero-order chi connectivity index (χ0) is 21.7. The lowest BCUT2D eigenvalue weighted by atomic mass is 9.82. The van der Waals surface area contributed by atoms with Gasteiger partial charge in [0, 0.05) is 24.7 Å². The number of halogens is 2. The van der Waals surface area contributed by atoms with Gasteiger partial charge in [-0.1, -0.05) is 6.92 Å². The van der Waals surface area contributed by atoms with E-state index in [4.69, 9.17) is 4.74 Å². The van der Waals surface area contributed by atoms with Crippen LogP contribution in [0.5, 0.6) is 5.88 Å². The predicted octanol–water partition coefficient (Wildman–Crippen LogP) is 2.87. The number of ether oxygens (including phenoxy) is 1. The minimum Gasteiger partial charge on any atom is -0.481 e. The van der Waals surface area contributed by atoms with Crippen molar-refractivity contribution in [2.45, 2.75) is 39.0 Å². The summed E-state index contributed by atoms with van der Waals surface area (Å²) in [4.78, 5) is 22.8. The highest BCUT2D eigenvalue weighted by atomic mass is 19.3. The van der Waals surface area contributed by atoms with E-state index in [1.54, 1.807) is 13.3 Å². The second kappa shape index (κ2) is 9.55. The number of methoxy groups -OCH3 is 1. The first kappa shape index (κ1) is 21.5. The molecule has 0 aliphatic heterocycles. The predicted molar refractivity (Wildman–Crippen MR) is 106 cm³/mol.